The zero-order chi connectivity index (χ0) is 14.3. The largest absolute Gasteiger partial charge is 0.481 e. The fourth-order valence-corrected chi connectivity index (χ4v) is 2.67. The van der Waals surface area contributed by atoms with Gasteiger partial charge in [-0.3, -0.25) is 14.3 Å². The Bertz CT molecular complexity index is 692. The second-order valence-corrected chi connectivity index (χ2v) is 5.06. The minimum Gasteiger partial charge on any atom is -0.481 e. The molecule has 0 radical (unpaired) electrons. The minimum atomic E-state index is -0.842. The topological polar surface area (TPSA) is 75.4 Å². The van der Waals surface area contributed by atoms with Crippen molar-refractivity contribution >= 4 is 22.8 Å². The average molecular weight is 273 g/mol. The van der Waals surface area contributed by atoms with Crippen LogP contribution in [0.1, 0.15) is 16.9 Å². The van der Waals surface area contributed by atoms with E-state index in [1.165, 1.54) is 0 Å². The van der Waals surface area contributed by atoms with Gasteiger partial charge in [-0.25, -0.2) is 0 Å². The maximum Gasteiger partial charge on any atom is 0.308 e. The lowest BCUT2D eigenvalue weighted by Crippen LogP contribution is -2.30. The van der Waals surface area contributed by atoms with Gasteiger partial charge in [0.15, 0.2) is 5.69 Å². The molecule has 6 nitrogen and oxygen atoms in total. The number of nitrogens with zero attached hydrogens (tertiary/aromatic N) is 3. The zero-order valence-corrected chi connectivity index (χ0v) is 11.1. The number of aromatic nitrogens is 2. The minimum absolute atomic E-state index is 0.189. The molecule has 1 saturated heterocycles. The molecular formula is C14H15N3O3. The number of aryl methyl sites for hydroxylation is 1. The SMILES string of the molecule is Cn1nc(C(=O)N2CCC(C(=O)O)C2)c2ccccc21. The highest BCUT2D eigenvalue weighted by Gasteiger charge is 2.32. The van der Waals surface area contributed by atoms with E-state index in [1.54, 1.807) is 16.6 Å². The molecule has 6 heteroatoms. The molecule has 1 fully saturated rings. The van der Waals surface area contributed by atoms with E-state index in [9.17, 15) is 9.59 Å². The Morgan fingerprint density at radius 2 is 2.10 bits per heavy atom. The molecule has 1 aliphatic rings. The van der Waals surface area contributed by atoms with Gasteiger partial charge in [0.2, 0.25) is 0 Å². The Labute approximate surface area is 115 Å². The summed E-state index contributed by atoms with van der Waals surface area (Å²) in [6, 6.07) is 7.53. The molecule has 3 rings (SSSR count). The highest BCUT2D eigenvalue weighted by Crippen LogP contribution is 2.23. The van der Waals surface area contributed by atoms with Crippen molar-refractivity contribution in [1.82, 2.24) is 14.7 Å². The molecule has 104 valence electrons. The van der Waals surface area contributed by atoms with Crippen molar-refractivity contribution in [3.63, 3.8) is 0 Å². The third-order valence-electron chi connectivity index (χ3n) is 3.79. The molecule has 2 aromatic rings. The number of carbonyl (C=O) groups is 2. The molecule has 1 aliphatic heterocycles. The number of rotatable bonds is 2. The molecule has 1 aromatic heterocycles. The molecule has 1 atom stereocenters. The van der Waals surface area contributed by atoms with Gasteiger partial charge in [0.05, 0.1) is 11.4 Å². The van der Waals surface area contributed by atoms with Crippen LogP contribution >= 0.6 is 0 Å². The summed E-state index contributed by atoms with van der Waals surface area (Å²) in [6.07, 6.45) is 0.506. The molecule has 1 aromatic carbocycles. The lowest BCUT2D eigenvalue weighted by molar-refractivity contribution is -0.141. The molecule has 2 heterocycles. The number of hydrogen-bond donors (Lipinski definition) is 1. The third-order valence-corrected chi connectivity index (χ3v) is 3.79. The molecule has 1 unspecified atom stereocenters. The van der Waals surface area contributed by atoms with Gasteiger partial charge in [0.1, 0.15) is 0 Å². The van der Waals surface area contributed by atoms with Crippen LogP contribution in [0.5, 0.6) is 0 Å². The maximum atomic E-state index is 12.5. The van der Waals surface area contributed by atoms with Crippen LogP contribution in [0.4, 0.5) is 0 Å². The number of carbonyl (C=O) groups excluding carboxylic acids is 1. The third kappa shape index (κ3) is 1.93. The highest BCUT2D eigenvalue weighted by molar-refractivity contribution is 6.05. The van der Waals surface area contributed by atoms with E-state index in [1.807, 2.05) is 24.3 Å². The number of carboxylic acids is 1. The second-order valence-electron chi connectivity index (χ2n) is 5.06. The Morgan fingerprint density at radius 1 is 1.35 bits per heavy atom. The Kier molecular flexibility index (Phi) is 2.93. The molecule has 1 amide bonds. The number of fused-ring (bicyclic) bond motifs is 1. The van der Waals surface area contributed by atoms with Crippen LogP contribution in [0.2, 0.25) is 0 Å². The summed E-state index contributed by atoms with van der Waals surface area (Å²) in [5, 5.41) is 14.1. The van der Waals surface area contributed by atoms with Gasteiger partial charge in [-0.05, 0) is 12.5 Å². The summed E-state index contributed by atoms with van der Waals surface area (Å²) in [4.78, 5) is 25.0. The fraction of sp³-hybridized carbons (Fsp3) is 0.357. The van der Waals surface area contributed by atoms with Crippen molar-refractivity contribution in [2.75, 3.05) is 13.1 Å². The van der Waals surface area contributed by atoms with Crippen molar-refractivity contribution in [2.24, 2.45) is 13.0 Å². The van der Waals surface area contributed by atoms with Crippen LogP contribution < -0.4 is 0 Å². The summed E-state index contributed by atoms with van der Waals surface area (Å²) in [6.45, 7) is 0.736. The van der Waals surface area contributed by atoms with Gasteiger partial charge in [-0.2, -0.15) is 5.10 Å². The van der Waals surface area contributed by atoms with E-state index in [4.69, 9.17) is 5.11 Å². The van der Waals surface area contributed by atoms with Crippen molar-refractivity contribution in [2.45, 2.75) is 6.42 Å². The quantitative estimate of drug-likeness (QED) is 0.889. The summed E-state index contributed by atoms with van der Waals surface area (Å²) < 4.78 is 1.67. The van der Waals surface area contributed by atoms with Gasteiger partial charge in [-0.15, -0.1) is 0 Å². The van der Waals surface area contributed by atoms with Gasteiger partial charge in [-0.1, -0.05) is 18.2 Å². The number of benzene rings is 1. The van der Waals surface area contributed by atoms with Gasteiger partial charge in [0.25, 0.3) is 5.91 Å². The Morgan fingerprint density at radius 3 is 2.80 bits per heavy atom. The first-order valence-corrected chi connectivity index (χ1v) is 6.51. The fourth-order valence-electron chi connectivity index (χ4n) is 2.67. The highest BCUT2D eigenvalue weighted by atomic mass is 16.4. The smallest absolute Gasteiger partial charge is 0.308 e. The van der Waals surface area contributed by atoms with Crippen molar-refractivity contribution in [3.05, 3.63) is 30.0 Å². The summed E-state index contributed by atoms with van der Waals surface area (Å²) in [7, 11) is 1.79. The lowest BCUT2D eigenvalue weighted by atomic mass is 10.1. The first-order valence-electron chi connectivity index (χ1n) is 6.51. The van der Waals surface area contributed by atoms with Crippen molar-refractivity contribution in [1.29, 1.82) is 0 Å². The first kappa shape index (κ1) is 12.7. The van der Waals surface area contributed by atoms with E-state index in [-0.39, 0.29) is 12.5 Å². The second kappa shape index (κ2) is 4.63. The summed E-state index contributed by atoms with van der Waals surface area (Å²) in [5.41, 5.74) is 1.29. The lowest BCUT2D eigenvalue weighted by Gasteiger charge is -2.14. The average Bonchev–Trinajstić information content (AvgIpc) is 3.04. The molecule has 1 N–H and O–H groups in total. The summed E-state index contributed by atoms with van der Waals surface area (Å²) in [5.74, 6) is -1.49. The normalized spacial score (nSPS) is 18.6. The van der Waals surface area contributed by atoms with E-state index in [2.05, 4.69) is 5.10 Å². The van der Waals surface area contributed by atoms with Crippen LogP contribution in [-0.2, 0) is 11.8 Å². The monoisotopic (exact) mass is 273 g/mol. The molecular weight excluding hydrogens is 258 g/mol. The maximum absolute atomic E-state index is 12.5. The van der Waals surface area contributed by atoms with E-state index >= 15 is 0 Å². The van der Waals surface area contributed by atoms with Crippen molar-refractivity contribution < 1.29 is 14.7 Å². The standard InChI is InChI=1S/C14H15N3O3/c1-16-11-5-3-2-4-10(11)12(15-16)13(18)17-7-6-9(8-17)14(19)20/h2-5,9H,6-8H2,1H3,(H,19,20). The van der Waals surface area contributed by atoms with Crippen LogP contribution in [-0.4, -0.2) is 44.8 Å². The van der Waals surface area contributed by atoms with E-state index in [0.29, 0.717) is 18.7 Å². The number of hydrogen-bond acceptors (Lipinski definition) is 3. The Balaban J connectivity index is 1.92. The van der Waals surface area contributed by atoms with Crippen LogP contribution in [0, 0.1) is 5.92 Å². The van der Waals surface area contributed by atoms with E-state index in [0.717, 1.165) is 10.9 Å². The predicted molar refractivity (Wildman–Crippen MR) is 72.4 cm³/mol. The van der Waals surface area contributed by atoms with Gasteiger partial charge >= 0.3 is 5.97 Å². The number of amides is 1. The molecule has 0 bridgehead atoms. The van der Waals surface area contributed by atoms with Crippen molar-refractivity contribution in [3.8, 4) is 0 Å². The van der Waals surface area contributed by atoms with Crippen LogP contribution in [0.25, 0.3) is 10.9 Å². The first-order chi connectivity index (χ1) is 9.58. The van der Waals surface area contributed by atoms with E-state index < -0.39 is 11.9 Å². The summed E-state index contributed by atoms with van der Waals surface area (Å²) >= 11 is 0. The Hall–Kier alpha value is -2.37. The number of para-hydroxylation sites is 1. The molecule has 0 spiro atoms. The van der Waals surface area contributed by atoms with Crippen LogP contribution in [0.15, 0.2) is 24.3 Å². The van der Waals surface area contributed by atoms with Gasteiger partial charge in [0, 0.05) is 25.5 Å². The van der Waals surface area contributed by atoms with Gasteiger partial charge < -0.3 is 10.0 Å². The number of aliphatic carboxylic acids is 1. The molecule has 0 saturated carbocycles. The number of carboxylic acid groups (broad SMARTS) is 1. The number of likely N-dealkylation sites (tertiary alicyclic amines) is 1. The predicted octanol–water partition coefficient (Wildman–Crippen LogP) is 1.12. The molecule has 0 aliphatic carbocycles. The molecule has 20 heavy (non-hydrogen) atoms. The van der Waals surface area contributed by atoms with Crippen LogP contribution in [0.3, 0.4) is 0 Å². The zero-order valence-electron chi connectivity index (χ0n) is 11.1.